The Hall–Kier alpha value is -1.42. The van der Waals surface area contributed by atoms with E-state index in [1.807, 2.05) is 6.07 Å². The number of rotatable bonds is 4. The smallest absolute Gasteiger partial charge is 0.244 e. The van der Waals surface area contributed by atoms with Crippen LogP contribution in [-0.2, 0) is 10.0 Å². The van der Waals surface area contributed by atoms with Crippen LogP contribution in [0.5, 0.6) is 0 Å². The highest BCUT2D eigenvalue weighted by atomic mass is 32.2. The van der Waals surface area contributed by atoms with Crippen molar-refractivity contribution in [1.29, 1.82) is 5.26 Å². The van der Waals surface area contributed by atoms with Crippen molar-refractivity contribution in [3.63, 3.8) is 0 Å². The number of sulfonamides is 1. The van der Waals surface area contributed by atoms with Gasteiger partial charge in [-0.1, -0.05) is 12.1 Å². The molecule has 0 aliphatic heterocycles. The van der Waals surface area contributed by atoms with Crippen LogP contribution in [0.15, 0.2) is 23.1 Å². The summed E-state index contributed by atoms with van der Waals surface area (Å²) in [6, 6.07) is 6.41. The Kier molecular flexibility index (Phi) is 4.46. The van der Waals surface area contributed by atoms with Gasteiger partial charge in [-0.2, -0.15) is 9.57 Å². The van der Waals surface area contributed by atoms with Crippen LogP contribution in [0.1, 0.15) is 18.1 Å². The first-order chi connectivity index (χ1) is 8.36. The maximum atomic E-state index is 12.4. The van der Waals surface area contributed by atoms with E-state index in [2.05, 4.69) is 0 Å². The summed E-state index contributed by atoms with van der Waals surface area (Å²) in [5.41, 5.74) is 6.31. The quantitative estimate of drug-likeness (QED) is 0.875. The second-order valence-corrected chi connectivity index (χ2v) is 6.13. The maximum Gasteiger partial charge on any atom is 0.244 e. The van der Waals surface area contributed by atoms with E-state index in [0.29, 0.717) is 5.56 Å². The summed E-state index contributed by atoms with van der Waals surface area (Å²) in [4.78, 5) is 0.0350. The molecule has 1 aromatic carbocycles. The monoisotopic (exact) mass is 267 g/mol. The zero-order chi connectivity index (χ0) is 13.9. The van der Waals surface area contributed by atoms with E-state index in [1.165, 1.54) is 17.4 Å². The minimum atomic E-state index is -3.68. The molecule has 1 rings (SSSR count). The van der Waals surface area contributed by atoms with Crippen molar-refractivity contribution in [2.75, 3.05) is 13.6 Å². The highest BCUT2D eigenvalue weighted by Crippen LogP contribution is 2.22. The van der Waals surface area contributed by atoms with Gasteiger partial charge in [0.25, 0.3) is 0 Å². The molecular formula is C12H17N3O2S. The van der Waals surface area contributed by atoms with Gasteiger partial charge in [-0.15, -0.1) is 0 Å². The second-order valence-electron chi connectivity index (χ2n) is 4.17. The van der Waals surface area contributed by atoms with Gasteiger partial charge < -0.3 is 5.73 Å². The molecule has 0 heterocycles. The summed E-state index contributed by atoms with van der Waals surface area (Å²) in [5, 5.41) is 9.08. The molecule has 6 heteroatoms. The van der Waals surface area contributed by atoms with Gasteiger partial charge in [0.1, 0.15) is 11.0 Å². The summed E-state index contributed by atoms with van der Waals surface area (Å²) in [5.74, 6) is 0. The summed E-state index contributed by atoms with van der Waals surface area (Å²) in [7, 11) is -2.22. The first-order valence-corrected chi connectivity index (χ1v) is 6.98. The van der Waals surface area contributed by atoms with Crippen LogP contribution in [0.2, 0.25) is 0 Å². The average Bonchev–Trinajstić information content (AvgIpc) is 2.36. The molecule has 0 radical (unpaired) electrons. The van der Waals surface area contributed by atoms with E-state index in [4.69, 9.17) is 11.0 Å². The van der Waals surface area contributed by atoms with E-state index in [-0.39, 0.29) is 23.0 Å². The van der Waals surface area contributed by atoms with E-state index in [0.717, 1.165) is 0 Å². The third-order valence-electron chi connectivity index (χ3n) is 2.97. The first-order valence-electron chi connectivity index (χ1n) is 5.54. The molecule has 0 aliphatic rings. The van der Waals surface area contributed by atoms with Crippen molar-refractivity contribution in [3.05, 3.63) is 29.3 Å². The van der Waals surface area contributed by atoms with Crippen molar-refractivity contribution < 1.29 is 8.42 Å². The third kappa shape index (κ3) is 2.53. The third-order valence-corrected chi connectivity index (χ3v) is 4.98. The highest BCUT2D eigenvalue weighted by molar-refractivity contribution is 7.89. The molecule has 0 bridgehead atoms. The predicted octanol–water partition coefficient (Wildman–Crippen LogP) is 0.834. The first kappa shape index (κ1) is 14.6. The molecule has 0 spiro atoms. The molecule has 0 unspecified atom stereocenters. The minimum Gasteiger partial charge on any atom is -0.329 e. The van der Waals surface area contributed by atoms with Crippen LogP contribution in [-0.4, -0.2) is 32.4 Å². The Morgan fingerprint density at radius 3 is 2.61 bits per heavy atom. The standard InChI is InChI=1S/C12H17N3O2S/c1-9-5-4-6-12(11(9)8-14)18(16,17)15(3)10(2)7-13/h4-6,10H,7,13H2,1-3H3/t10-/m1/s1. The van der Waals surface area contributed by atoms with Gasteiger partial charge in [0, 0.05) is 19.6 Å². The zero-order valence-corrected chi connectivity index (χ0v) is 11.5. The molecule has 1 aromatic rings. The van der Waals surface area contributed by atoms with Gasteiger partial charge in [-0.25, -0.2) is 8.42 Å². The molecule has 0 saturated heterocycles. The number of hydrogen-bond donors (Lipinski definition) is 1. The number of likely N-dealkylation sites (N-methyl/N-ethyl adjacent to an activating group) is 1. The Labute approximate surface area is 108 Å². The lowest BCUT2D eigenvalue weighted by molar-refractivity contribution is 0.394. The number of nitrogens with two attached hydrogens (primary N) is 1. The molecule has 5 nitrogen and oxygen atoms in total. The normalized spacial score (nSPS) is 13.3. The number of nitriles is 1. The van der Waals surface area contributed by atoms with Gasteiger partial charge in [-0.3, -0.25) is 0 Å². The molecule has 0 saturated carbocycles. The number of hydrogen-bond acceptors (Lipinski definition) is 4. The number of aryl methyl sites for hydroxylation is 1. The Morgan fingerprint density at radius 1 is 1.50 bits per heavy atom. The van der Waals surface area contributed by atoms with Gasteiger partial charge in [0.2, 0.25) is 10.0 Å². The van der Waals surface area contributed by atoms with Gasteiger partial charge in [0.05, 0.1) is 5.56 Å². The lowest BCUT2D eigenvalue weighted by Crippen LogP contribution is -2.39. The Morgan fingerprint density at radius 2 is 2.11 bits per heavy atom. The fraction of sp³-hybridized carbons (Fsp3) is 0.417. The van der Waals surface area contributed by atoms with Crippen LogP contribution < -0.4 is 5.73 Å². The molecule has 0 aromatic heterocycles. The lowest BCUT2D eigenvalue weighted by atomic mass is 10.1. The summed E-state index contributed by atoms with van der Waals surface area (Å²) in [6.45, 7) is 3.66. The molecular weight excluding hydrogens is 250 g/mol. The lowest BCUT2D eigenvalue weighted by Gasteiger charge is -2.23. The molecule has 2 N–H and O–H groups in total. The van der Waals surface area contributed by atoms with E-state index in [9.17, 15) is 8.42 Å². The number of benzene rings is 1. The topological polar surface area (TPSA) is 87.2 Å². The van der Waals surface area contributed by atoms with E-state index >= 15 is 0 Å². The molecule has 0 amide bonds. The van der Waals surface area contributed by atoms with Crippen molar-refractivity contribution in [2.24, 2.45) is 5.73 Å². The Bertz CT molecular complexity index is 575. The Balaban J connectivity index is 3.39. The van der Waals surface area contributed by atoms with Crippen molar-refractivity contribution in [3.8, 4) is 6.07 Å². The molecule has 0 fully saturated rings. The largest absolute Gasteiger partial charge is 0.329 e. The molecule has 18 heavy (non-hydrogen) atoms. The fourth-order valence-corrected chi connectivity index (χ4v) is 3.12. The van der Waals surface area contributed by atoms with Crippen LogP contribution in [0.4, 0.5) is 0 Å². The van der Waals surface area contributed by atoms with E-state index < -0.39 is 10.0 Å². The number of nitrogens with zero attached hydrogens (tertiary/aromatic N) is 2. The van der Waals surface area contributed by atoms with Crippen molar-refractivity contribution in [1.82, 2.24) is 4.31 Å². The summed E-state index contributed by atoms with van der Waals surface area (Å²) >= 11 is 0. The van der Waals surface area contributed by atoms with Gasteiger partial charge in [0.15, 0.2) is 0 Å². The van der Waals surface area contributed by atoms with Gasteiger partial charge in [-0.05, 0) is 25.5 Å². The molecule has 1 atom stereocenters. The average molecular weight is 267 g/mol. The van der Waals surface area contributed by atoms with Crippen LogP contribution >= 0.6 is 0 Å². The zero-order valence-electron chi connectivity index (χ0n) is 10.7. The van der Waals surface area contributed by atoms with Gasteiger partial charge >= 0.3 is 0 Å². The van der Waals surface area contributed by atoms with Crippen molar-refractivity contribution >= 4 is 10.0 Å². The fourth-order valence-electron chi connectivity index (χ4n) is 1.54. The molecule has 98 valence electrons. The van der Waals surface area contributed by atoms with Crippen molar-refractivity contribution in [2.45, 2.75) is 24.8 Å². The SMILES string of the molecule is Cc1cccc(S(=O)(=O)N(C)[C@H](C)CN)c1C#N. The predicted molar refractivity (Wildman–Crippen MR) is 69.4 cm³/mol. The molecule has 0 aliphatic carbocycles. The van der Waals surface area contributed by atoms with Crippen LogP contribution in [0.25, 0.3) is 0 Å². The summed E-state index contributed by atoms with van der Waals surface area (Å²) < 4.78 is 26.0. The second kappa shape index (κ2) is 5.48. The van der Waals surface area contributed by atoms with Crippen LogP contribution in [0.3, 0.4) is 0 Å². The highest BCUT2D eigenvalue weighted by Gasteiger charge is 2.27. The van der Waals surface area contributed by atoms with Crippen LogP contribution in [0, 0.1) is 18.3 Å². The van der Waals surface area contributed by atoms with E-state index in [1.54, 1.807) is 26.0 Å². The summed E-state index contributed by atoms with van der Waals surface area (Å²) in [6.07, 6.45) is 0. The maximum absolute atomic E-state index is 12.4. The minimum absolute atomic E-state index is 0.0350.